The second kappa shape index (κ2) is 3.58. The predicted octanol–water partition coefficient (Wildman–Crippen LogP) is 0.508. The second-order valence-electron chi connectivity index (χ2n) is 2.07. The van der Waals surface area contributed by atoms with Crippen LogP contribution in [0.1, 0.15) is 11.5 Å². The molecule has 0 amide bonds. The van der Waals surface area contributed by atoms with Crippen molar-refractivity contribution in [1.29, 1.82) is 0 Å². The van der Waals surface area contributed by atoms with Gasteiger partial charge in [-0.25, -0.2) is 4.79 Å². The molecule has 4 heteroatoms. The van der Waals surface area contributed by atoms with Crippen LogP contribution in [0.4, 0.5) is 0 Å². The van der Waals surface area contributed by atoms with Crippen molar-refractivity contribution in [3.63, 3.8) is 0 Å². The first-order chi connectivity index (χ1) is 5.72. The Morgan fingerprint density at radius 2 is 2.50 bits per heavy atom. The monoisotopic (exact) mass is 165 g/mol. The minimum atomic E-state index is -0.593. The average Bonchev–Trinajstić information content (AvgIpc) is 2.47. The number of ether oxygens (including phenoxy) is 1. The maximum absolute atomic E-state index is 10.5. The third kappa shape index (κ3) is 2.13. The molecule has 0 atom stereocenters. The fourth-order valence-electron chi connectivity index (χ4n) is 0.586. The lowest BCUT2D eigenvalue weighted by Crippen LogP contribution is -1.94. The normalized spacial score (nSPS) is 8.50. The topological polar surface area (TPSA) is 52.3 Å². The van der Waals surface area contributed by atoms with Crippen LogP contribution in [0.5, 0.6) is 0 Å². The quantitative estimate of drug-likeness (QED) is 0.415. The Hall–Kier alpha value is -1.76. The zero-order valence-electron chi connectivity index (χ0n) is 6.75. The highest BCUT2D eigenvalue weighted by Gasteiger charge is 1.95. The van der Waals surface area contributed by atoms with Crippen LogP contribution in [-0.2, 0) is 9.53 Å². The summed E-state index contributed by atoms with van der Waals surface area (Å²) in [5, 5.41) is 3.59. The molecule has 0 saturated heterocycles. The van der Waals surface area contributed by atoms with Gasteiger partial charge < -0.3 is 9.26 Å². The zero-order chi connectivity index (χ0) is 8.97. The number of carbonyl (C=O) groups is 1. The van der Waals surface area contributed by atoms with Gasteiger partial charge in [0.15, 0.2) is 0 Å². The van der Waals surface area contributed by atoms with Gasteiger partial charge in [0, 0.05) is 12.0 Å². The molecule has 0 aliphatic heterocycles. The van der Waals surface area contributed by atoms with E-state index in [0.29, 0.717) is 5.76 Å². The molecule has 1 aromatic rings. The van der Waals surface area contributed by atoms with E-state index < -0.39 is 5.97 Å². The molecule has 0 aliphatic rings. The van der Waals surface area contributed by atoms with Crippen LogP contribution >= 0.6 is 0 Å². The summed E-state index contributed by atoms with van der Waals surface area (Å²) in [6.45, 7) is 1.77. The highest BCUT2D eigenvalue weighted by Crippen LogP contribution is 1.98. The van der Waals surface area contributed by atoms with Crippen molar-refractivity contribution >= 4 is 5.97 Å². The lowest BCUT2D eigenvalue weighted by atomic mass is 10.4. The second-order valence-corrected chi connectivity index (χ2v) is 2.07. The molecular formula is C8H7NO3. The van der Waals surface area contributed by atoms with Crippen LogP contribution < -0.4 is 0 Å². The maximum Gasteiger partial charge on any atom is 0.384 e. The number of rotatable bonds is 0. The molecule has 0 aromatic carbocycles. The van der Waals surface area contributed by atoms with E-state index in [2.05, 4.69) is 21.7 Å². The van der Waals surface area contributed by atoms with Crippen LogP contribution in [0.2, 0.25) is 0 Å². The minimum absolute atomic E-state index is 0.359. The summed E-state index contributed by atoms with van der Waals surface area (Å²) >= 11 is 0. The summed E-state index contributed by atoms with van der Waals surface area (Å²) in [4.78, 5) is 10.5. The third-order valence-electron chi connectivity index (χ3n) is 1.10. The van der Waals surface area contributed by atoms with Gasteiger partial charge in [0.2, 0.25) is 5.76 Å². The van der Waals surface area contributed by atoms with Crippen LogP contribution in [0.3, 0.4) is 0 Å². The van der Waals surface area contributed by atoms with Crippen molar-refractivity contribution in [2.24, 2.45) is 0 Å². The van der Waals surface area contributed by atoms with Gasteiger partial charge in [0.1, 0.15) is 0 Å². The van der Waals surface area contributed by atoms with E-state index in [1.54, 1.807) is 13.0 Å². The third-order valence-corrected chi connectivity index (χ3v) is 1.10. The van der Waals surface area contributed by atoms with Crippen molar-refractivity contribution in [2.45, 2.75) is 6.92 Å². The number of hydrogen-bond acceptors (Lipinski definition) is 4. The molecule has 62 valence electrons. The fraction of sp³-hybridized carbons (Fsp3) is 0.250. The number of methoxy groups -OCH3 is 1. The molecule has 0 unspecified atom stereocenters. The summed E-state index contributed by atoms with van der Waals surface area (Å²) in [5.74, 6) is 4.45. The van der Waals surface area contributed by atoms with E-state index in [1.165, 1.54) is 7.11 Å². The molecule has 0 fully saturated rings. The Morgan fingerprint density at radius 3 is 3.00 bits per heavy atom. The van der Waals surface area contributed by atoms with E-state index in [1.807, 2.05) is 0 Å². The largest absolute Gasteiger partial charge is 0.459 e. The SMILES string of the molecule is COC(=O)C#Cc1cc(C)no1. The van der Waals surface area contributed by atoms with Gasteiger partial charge in [0.05, 0.1) is 12.8 Å². The van der Waals surface area contributed by atoms with Gasteiger partial charge in [-0.3, -0.25) is 0 Å². The van der Waals surface area contributed by atoms with E-state index in [-0.39, 0.29) is 0 Å². The number of nitrogens with zero attached hydrogens (tertiary/aromatic N) is 1. The summed E-state index contributed by atoms with van der Waals surface area (Å²) in [7, 11) is 1.27. The number of carbonyl (C=O) groups excluding carboxylic acids is 1. The number of esters is 1. The summed E-state index contributed by atoms with van der Waals surface area (Å²) in [6.07, 6.45) is 0. The van der Waals surface area contributed by atoms with E-state index in [9.17, 15) is 4.79 Å². The molecule has 0 aliphatic carbocycles. The fourth-order valence-corrected chi connectivity index (χ4v) is 0.586. The van der Waals surface area contributed by atoms with Crippen LogP contribution in [0.25, 0.3) is 0 Å². The van der Waals surface area contributed by atoms with Crippen molar-refractivity contribution in [3.8, 4) is 11.8 Å². The standard InChI is InChI=1S/C8H7NO3/c1-6-5-7(12-9-6)3-4-8(10)11-2/h5H,1-2H3. The molecule has 4 nitrogen and oxygen atoms in total. The molecule has 0 N–H and O–H groups in total. The molecule has 1 rings (SSSR count). The summed E-state index contributed by atoms with van der Waals surface area (Å²) in [6, 6.07) is 1.63. The molecule has 1 heterocycles. The van der Waals surface area contributed by atoms with Gasteiger partial charge in [-0.1, -0.05) is 5.16 Å². The van der Waals surface area contributed by atoms with Gasteiger partial charge >= 0.3 is 5.97 Å². The first kappa shape index (κ1) is 8.34. The smallest absolute Gasteiger partial charge is 0.384 e. The Kier molecular flexibility index (Phi) is 2.49. The van der Waals surface area contributed by atoms with Gasteiger partial charge in [-0.05, 0) is 12.8 Å². The van der Waals surface area contributed by atoms with Gasteiger partial charge in [-0.2, -0.15) is 0 Å². The molecule has 0 saturated carbocycles. The van der Waals surface area contributed by atoms with Gasteiger partial charge in [0.25, 0.3) is 0 Å². The Balaban J connectivity index is 2.73. The van der Waals surface area contributed by atoms with E-state index in [4.69, 9.17) is 4.52 Å². The van der Waals surface area contributed by atoms with Crippen molar-refractivity contribution in [3.05, 3.63) is 17.5 Å². The Bertz CT molecular complexity index is 343. The maximum atomic E-state index is 10.5. The summed E-state index contributed by atoms with van der Waals surface area (Å²) < 4.78 is 9.03. The molecule has 1 aromatic heterocycles. The van der Waals surface area contributed by atoms with Crippen LogP contribution in [0, 0.1) is 18.8 Å². The number of hydrogen-bond donors (Lipinski definition) is 0. The molecule has 0 bridgehead atoms. The molecule has 12 heavy (non-hydrogen) atoms. The van der Waals surface area contributed by atoms with Crippen LogP contribution in [-0.4, -0.2) is 18.2 Å². The average molecular weight is 165 g/mol. The molecule has 0 radical (unpaired) electrons. The van der Waals surface area contributed by atoms with Crippen molar-refractivity contribution in [2.75, 3.05) is 7.11 Å². The molecular weight excluding hydrogens is 158 g/mol. The Labute approximate surface area is 69.5 Å². The highest BCUT2D eigenvalue weighted by atomic mass is 16.5. The lowest BCUT2D eigenvalue weighted by Gasteiger charge is -1.82. The first-order valence-electron chi connectivity index (χ1n) is 3.25. The van der Waals surface area contributed by atoms with Crippen molar-refractivity contribution in [1.82, 2.24) is 5.16 Å². The van der Waals surface area contributed by atoms with Crippen molar-refractivity contribution < 1.29 is 14.1 Å². The van der Waals surface area contributed by atoms with E-state index >= 15 is 0 Å². The number of aromatic nitrogens is 1. The first-order valence-corrected chi connectivity index (χ1v) is 3.25. The minimum Gasteiger partial charge on any atom is -0.459 e. The number of aryl methyl sites for hydroxylation is 1. The Morgan fingerprint density at radius 1 is 1.75 bits per heavy atom. The summed E-state index contributed by atoms with van der Waals surface area (Å²) in [5.41, 5.74) is 0.726. The molecule has 0 spiro atoms. The lowest BCUT2D eigenvalue weighted by molar-refractivity contribution is -0.133. The zero-order valence-corrected chi connectivity index (χ0v) is 6.75. The van der Waals surface area contributed by atoms with Crippen LogP contribution in [0.15, 0.2) is 10.6 Å². The predicted molar refractivity (Wildman–Crippen MR) is 40.1 cm³/mol. The van der Waals surface area contributed by atoms with E-state index in [0.717, 1.165) is 5.69 Å². The van der Waals surface area contributed by atoms with Gasteiger partial charge in [-0.15, -0.1) is 0 Å². The highest BCUT2D eigenvalue weighted by molar-refractivity contribution is 5.88.